The first-order chi connectivity index (χ1) is 10.5. The van der Waals surface area contributed by atoms with Crippen molar-refractivity contribution < 1.29 is 17.9 Å². The second-order valence-corrected chi connectivity index (χ2v) is 7.08. The molecule has 2 N–H and O–H groups in total. The minimum Gasteiger partial charge on any atom is -0.383 e. The summed E-state index contributed by atoms with van der Waals surface area (Å²) in [5.41, 5.74) is 0.998. The summed E-state index contributed by atoms with van der Waals surface area (Å²) in [5.74, 6) is -0.442. The van der Waals surface area contributed by atoms with Crippen LogP contribution in [0.15, 0.2) is 29.2 Å². The number of sulfone groups is 1. The van der Waals surface area contributed by atoms with Gasteiger partial charge in [-0.25, -0.2) is 8.42 Å². The fourth-order valence-electron chi connectivity index (χ4n) is 1.77. The Labute approximate surface area is 144 Å². The lowest BCUT2D eigenvalue weighted by Crippen LogP contribution is -2.33. The predicted molar refractivity (Wildman–Crippen MR) is 92.9 cm³/mol. The van der Waals surface area contributed by atoms with E-state index in [4.69, 9.17) is 4.74 Å². The Morgan fingerprint density at radius 2 is 1.78 bits per heavy atom. The number of halogens is 1. The Hall–Kier alpha value is -1.15. The lowest BCUT2D eigenvalue weighted by molar-refractivity contribution is -0.120. The minimum atomic E-state index is -3.41. The van der Waals surface area contributed by atoms with Gasteiger partial charge in [0.05, 0.1) is 17.3 Å². The van der Waals surface area contributed by atoms with Gasteiger partial charge in [0.1, 0.15) is 0 Å². The topological polar surface area (TPSA) is 84.5 Å². The first-order valence-corrected chi connectivity index (χ1v) is 8.87. The molecule has 23 heavy (non-hydrogen) atoms. The molecule has 0 aromatic heterocycles. The summed E-state index contributed by atoms with van der Waals surface area (Å²) in [4.78, 5) is 11.9. The van der Waals surface area contributed by atoms with Crippen LogP contribution < -0.4 is 10.6 Å². The van der Waals surface area contributed by atoms with Crippen LogP contribution in [0, 0.1) is 6.92 Å². The van der Waals surface area contributed by atoms with Crippen LogP contribution in [-0.4, -0.2) is 53.4 Å². The molecule has 0 aliphatic heterocycles. The molecule has 0 spiro atoms. The minimum absolute atomic E-state index is 0. The molecule has 0 atom stereocenters. The molecule has 1 aromatic rings. The number of ether oxygens (including phenoxy) is 1. The molecule has 0 saturated carbocycles. The van der Waals surface area contributed by atoms with Crippen LogP contribution in [0.4, 0.5) is 0 Å². The number of benzene rings is 1. The molecule has 0 radical (unpaired) electrons. The molecular weight excluding hydrogens is 340 g/mol. The number of nitrogens with one attached hydrogen (secondary N) is 2. The van der Waals surface area contributed by atoms with Crippen molar-refractivity contribution in [3.05, 3.63) is 29.8 Å². The molecular formula is C15H25ClN2O4S. The average Bonchev–Trinajstić information content (AvgIpc) is 2.49. The molecule has 1 aromatic carbocycles. The maximum Gasteiger partial charge on any atom is 0.221 e. The van der Waals surface area contributed by atoms with Crippen LogP contribution in [0.25, 0.3) is 0 Å². The van der Waals surface area contributed by atoms with Crippen LogP contribution in [0.2, 0.25) is 0 Å². The number of hydrogen-bond acceptors (Lipinski definition) is 5. The number of rotatable bonds is 10. The number of carbonyl (C=O) groups excluding carboxylic acids is 1. The third-order valence-corrected chi connectivity index (χ3v) is 4.82. The van der Waals surface area contributed by atoms with Gasteiger partial charge in [0.25, 0.3) is 0 Å². The summed E-state index contributed by atoms with van der Waals surface area (Å²) < 4.78 is 29.1. The second kappa shape index (κ2) is 11.4. The molecule has 132 valence electrons. The zero-order valence-electron chi connectivity index (χ0n) is 13.5. The Kier molecular flexibility index (Phi) is 10.8. The number of methoxy groups -OCH3 is 1. The van der Waals surface area contributed by atoms with Crippen molar-refractivity contribution in [2.45, 2.75) is 18.2 Å². The van der Waals surface area contributed by atoms with Crippen LogP contribution in [-0.2, 0) is 19.4 Å². The molecule has 0 fully saturated rings. The van der Waals surface area contributed by atoms with Crippen molar-refractivity contribution in [3.8, 4) is 0 Å². The summed E-state index contributed by atoms with van der Waals surface area (Å²) >= 11 is 0. The first kappa shape index (κ1) is 21.9. The maximum atomic E-state index is 12.1. The van der Waals surface area contributed by atoms with Gasteiger partial charge in [-0.2, -0.15) is 0 Å². The Balaban J connectivity index is 0.00000484. The van der Waals surface area contributed by atoms with E-state index in [0.717, 1.165) is 5.56 Å². The molecule has 6 nitrogen and oxygen atoms in total. The second-order valence-electron chi connectivity index (χ2n) is 4.97. The van der Waals surface area contributed by atoms with Crippen molar-refractivity contribution in [3.63, 3.8) is 0 Å². The Morgan fingerprint density at radius 3 is 2.39 bits per heavy atom. The van der Waals surface area contributed by atoms with Gasteiger partial charge in [0.15, 0.2) is 9.84 Å². The SMILES string of the molecule is COCCNCCNC(=O)CCS(=O)(=O)c1ccc(C)cc1.Cl. The van der Waals surface area contributed by atoms with E-state index in [1.165, 1.54) is 0 Å². The molecule has 0 aliphatic carbocycles. The fraction of sp³-hybridized carbons (Fsp3) is 0.533. The molecule has 0 bridgehead atoms. The van der Waals surface area contributed by atoms with Gasteiger partial charge in [0.2, 0.25) is 5.91 Å². The number of aryl methyl sites for hydroxylation is 1. The van der Waals surface area contributed by atoms with E-state index in [2.05, 4.69) is 10.6 Å². The average molecular weight is 365 g/mol. The Bertz CT molecular complexity index is 561. The lowest BCUT2D eigenvalue weighted by atomic mass is 10.2. The van der Waals surface area contributed by atoms with Gasteiger partial charge in [-0.05, 0) is 19.1 Å². The van der Waals surface area contributed by atoms with E-state index in [1.54, 1.807) is 31.4 Å². The van der Waals surface area contributed by atoms with E-state index >= 15 is 0 Å². The molecule has 1 rings (SSSR count). The zero-order chi connectivity index (χ0) is 16.4. The lowest BCUT2D eigenvalue weighted by Gasteiger charge is -2.07. The standard InChI is InChI=1S/C15H24N2O4S.ClH/c1-13-3-5-14(6-4-13)22(19,20)12-7-15(18)17-9-8-16-10-11-21-2;/h3-6,16H,7-12H2,1-2H3,(H,17,18);1H. The fourth-order valence-corrected chi connectivity index (χ4v) is 3.01. The van der Waals surface area contributed by atoms with E-state index in [1.807, 2.05) is 6.92 Å². The van der Waals surface area contributed by atoms with Crippen molar-refractivity contribution >= 4 is 28.2 Å². The maximum absolute atomic E-state index is 12.1. The third-order valence-electron chi connectivity index (χ3n) is 3.08. The molecule has 8 heteroatoms. The molecule has 0 aliphatic rings. The zero-order valence-corrected chi connectivity index (χ0v) is 15.1. The third kappa shape index (κ3) is 8.90. The summed E-state index contributed by atoms with van der Waals surface area (Å²) in [6.07, 6.45) is -0.0335. The summed E-state index contributed by atoms with van der Waals surface area (Å²) in [7, 11) is -1.78. The van der Waals surface area contributed by atoms with E-state index in [-0.39, 0.29) is 35.4 Å². The van der Waals surface area contributed by atoms with E-state index in [0.29, 0.717) is 26.2 Å². The highest BCUT2D eigenvalue weighted by Gasteiger charge is 2.15. The smallest absolute Gasteiger partial charge is 0.221 e. The summed E-state index contributed by atoms with van der Waals surface area (Å²) in [6.45, 7) is 4.31. The highest BCUT2D eigenvalue weighted by atomic mass is 35.5. The summed E-state index contributed by atoms with van der Waals surface area (Å²) in [5, 5.41) is 5.77. The van der Waals surface area contributed by atoms with Crippen molar-refractivity contribution in [2.75, 3.05) is 39.1 Å². The first-order valence-electron chi connectivity index (χ1n) is 7.21. The van der Waals surface area contributed by atoms with Gasteiger partial charge in [-0.1, -0.05) is 17.7 Å². The van der Waals surface area contributed by atoms with Crippen LogP contribution in [0.5, 0.6) is 0 Å². The van der Waals surface area contributed by atoms with Crippen LogP contribution in [0.3, 0.4) is 0 Å². The normalized spacial score (nSPS) is 10.9. The van der Waals surface area contributed by atoms with Gasteiger partial charge < -0.3 is 15.4 Å². The number of carbonyl (C=O) groups is 1. The largest absolute Gasteiger partial charge is 0.383 e. The van der Waals surface area contributed by atoms with E-state index in [9.17, 15) is 13.2 Å². The molecule has 0 heterocycles. The highest BCUT2D eigenvalue weighted by Crippen LogP contribution is 2.12. The van der Waals surface area contributed by atoms with E-state index < -0.39 is 9.84 Å². The van der Waals surface area contributed by atoms with Crippen molar-refractivity contribution in [1.29, 1.82) is 0 Å². The van der Waals surface area contributed by atoms with Crippen molar-refractivity contribution in [2.24, 2.45) is 0 Å². The predicted octanol–water partition coefficient (Wildman–Crippen LogP) is 0.933. The summed E-state index contributed by atoms with van der Waals surface area (Å²) in [6, 6.07) is 6.64. The molecule has 0 unspecified atom stereocenters. The van der Waals surface area contributed by atoms with Crippen molar-refractivity contribution in [1.82, 2.24) is 10.6 Å². The monoisotopic (exact) mass is 364 g/mol. The van der Waals surface area contributed by atoms with Gasteiger partial charge >= 0.3 is 0 Å². The number of hydrogen-bond donors (Lipinski definition) is 2. The van der Waals surface area contributed by atoms with Gasteiger partial charge in [-0.15, -0.1) is 12.4 Å². The quantitative estimate of drug-likeness (QED) is 0.603. The van der Waals surface area contributed by atoms with Crippen LogP contribution >= 0.6 is 12.4 Å². The van der Waals surface area contributed by atoms with Crippen LogP contribution in [0.1, 0.15) is 12.0 Å². The van der Waals surface area contributed by atoms with Gasteiger partial charge in [0, 0.05) is 33.2 Å². The molecule has 0 saturated heterocycles. The highest BCUT2D eigenvalue weighted by molar-refractivity contribution is 7.91. The molecule has 1 amide bonds. The van der Waals surface area contributed by atoms with Gasteiger partial charge in [-0.3, -0.25) is 4.79 Å². The number of amides is 1. The Morgan fingerprint density at radius 1 is 1.13 bits per heavy atom.